The van der Waals surface area contributed by atoms with Gasteiger partial charge >= 0.3 is 0 Å². The van der Waals surface area contributed by atoms with Crippen molar-refractivity contribution in [1.29, 1.82) is 0 Å². The summed E-state index contributed by atoms with van der Waals surface area (Å²) in [7, 11) is 0. The molecule has 6 heteroatoms. The zero-order valence-corrected chi connectivity index (χ0v) is 15.3. The molecule has 2 aliphatic heterocycles. The van der Waals surface area contributed by atoms with Crippen molar-refractivity contribution in [3.8, 4) is 0 Å². The molecule has 2 aromatic rings. The maximum atomic E-state index is 12.7. The lowest BCUT2D eigenvalue weighted by molar-refractivity contribution is 0.0535. The predicted molar refractivity (Wildman–Crippen MR) is 102 cm³/mol. The largest absolute Gasteiger partial charge is 0.335 e. The van der Waals surface area contributed by atoms with E-state index >= 15 is 0 Å². The molecule has 0 aromatic heterocycles. The maximum absolute atomic E-state index is 12.7. The predicted octanol–water partition coefficient (Wildman–Crippen LogP) is 2.31. The van der Waals surface area contributed by atoms with E-state index in [0.717, 1.165) is 18.7 Å². The molecule has 2 aromatic carbocycles. The van der Waals surface area contributed by atoms with E-state index in [2.05, 4.69) is 5.32 Å². The van der Waals surface area contributed by atoms with Gasteiger partial charge in [0.2, 0.25) is 0 Å². The summed E-state index contributed by atoms with van der Waals surface area (Å²) in [6.45, 7) is 4.01. The lowest BCUT2D eigenvalue weighted by atomic mass is 10.1. The quantitative estimate of drug-likeness (QED) is 0.881. The van der Waals surface area contributed by atoms with Gasteiger partial charge in [-0.1, -0.05) is 24.3 Å². The number of nitrogens with zero attached hydrogens (tertiary/aromatic N) is 2. The Labute approximate surface area is 159 Å². The van der Waals surface area contributed by atoms with E-state index in [1.54, 1.807) is 0 Å². The van der Waals surface area contributed by atoms with Crippen LogP contribution in [0, 0.1) is 0 Å². The number of fused-ring (bicyclic) bond motifs is 1. The average molecular weight is 372 g/mol. The third-order valence-corrected chi connectivity index (χ3v) is 4.96. The topological polar surface area (TPSA) is 52.7 Å². The van der Waals surface area contributed by atoms with E-state index in [0.29, 0.717) is 31.7 Å². The standard InChI is InChI=1S/C20H21N3O2.ClH/c24-19(15-4-2-1-3-5-15)22-8-10-23(11-9-22)20(25)16-6-7-17-13-21-14-18(17)12-16;/h1-7,12,21H,8-11,13-14H2;1H. The molecule has 4 rings (SSSR count). The summed E-state index contributed by atoms with van der Waals surface area (Å²) >= 11 is 0. The van der Waals surface area contributed by atoms with Crippen LogP contribution in [-0.2, 0) is 13.1 Å². The third kappa shape index (κ3) is 3.59. The summed E-state index contributed by atoms with van der Waals surface area (Å²) in [5.74, 6) is 0.0952. The van der Waals surface area contributed by atoms with Crippen molar-refractivity contribution in [1.82, 2.24) is 15.1 Å². The summed E-state index contributed by atoms with van der Waals surface area (Å²) in [4.78, 5) is 28.9. The van der Waals surface area contributed by atoms with Crippen LogP contribution in [0.1, 0.15) is 31.8 Å². The number of carbonyl (C=O) groups is 2. The molecule has 5 nitrogen and oxygen atoms in total. The van der Waals surface area contributed by atoms with Gasteiger partial charge in [-0.05, 0) is 35.4 Å². The Hall–Kier alpha value is -2.37. The van der Waals surface area contributed by atoms with Gasteiger partial charge in [0, 0.05) is 50.4 Å². The highest BCUT2D eigenvalue weighted by molar-refractivity contribution is 5.96. The van der Waals surface area contributed by atoms with Crippen LogP contribution in [0.25, 0.3) is 0 Å². The van der Waals surface area contributed by atoms with Crippen LogP contribution >= 0.6 is 12.4 Å². The Bertz CT molecular complexity index is 802. The highest BCUT2D eigenvalue weighted by Crippen LogP contribution is 2.19. The molecular formula is C20H22ClN3O2. The second-order valence-corrected chi connectivity index (χ2v) is 6.54. The second kappa shape index (κ2) is 7.89. The van der Waals surface area contributed by atoms with Crippen LogP contribution in [0.2, 0.25) is 0 Å². The normalized spacial score (nSPS) is 16.0. The molecular weight excluding hydrogens is 350 g/mol. The summed E-state index contributed by atoms with van der Waals surface area (Å²) in [6.07, 6.45) is 0. The minimum absolute atomic E-state index is 0. The smallest absolute Gasteiger partial charge is 0.253 e. The number of benzene rings is 2. The molecule has 1 saturated heterocycles. The minimum Gasteiger partial charge on any atom is -0.335 e. The van der Waals surface area contributed by atoms with Crippen molar-refractivity contribution in [2.45, 2.75) is 13.1 Å². The van der Waals surface area contributed by atoms with E-state index < -0.39 is 0 Å². The van der Waals surface area contributed by atoms with Crippen molar-refractivity contribution in [2.24, 2.45) is 0 Å². The van der Waals surface area contributed by atoms with E-state index in [-0.39, 0.29) is 24.2 Å². The lowest BCUT2D eigenvalue weighted by Crippen LogP contribution is -2.50. The Morgan fingerprint density at radius 2 is 1.31 bits per heavy atom. The number of hydrogen-bond donors (Lipinski definition) is 1. The zero-order chi connectivity index (χ0) is 17.2. The molecule has 0 saturated carbocycles. The number of carbonyl (C=O) groups excluding carboxylic acids is 2. The molecule has 0 bridgehead atoms. The van der Waals surface area contributed by atoms with Crippen LogP contribution in [-0.4, -0.2) is 47.8 Å². The first-order chi connectivity index (χ1) is 12.2. The SMILES string of the molecule is Cl.O=C(c1ccccc1)N1CCN(C(=O)c2ccc3c(c2)CNC3)CC1. The Kier molecular flexibility index (Phi) is 5.59. The number of halogens is 1. The summed E-state index contributed by atoms with van der Waals surface area (Å²) < 4.78 is 0. The molecule has 136 valence electrons. The molecule has 0 unspecified atom stereocenters. The van der Waals surface area contributed by atoms with Gasteiger partial charge in [0.15, 0.2) is 0 Å². The lowest BCUT2D eigenvalue weighted by Gasteiger charge is -2.35. The first-order valence-corrected chi connectivity index (χ1v) is 8.68. The van der Waals surface area contributed by atoms with E-state index in [4.69, 9.17) is 0 Å². The average Bonchev–Trinajstić information content (AvgIpc) is 3.15. The number of piperazine rings is 1. The van der Waals surface area contributed by atoms with Crippen LogP contribution in [0.5, 0.6) is 0 Å². The summed E-state index contributed by atoms with van der Waals surface area (Å²) in [5, 5.41) is 3.30. The van der Waals surface area contributed by atoms with Crippen molar-refractivity contribution in [2.75, 3.05) is 26.2 Å². The number of hydrogen-bond acceptors (Lipinski definition) is 3. The summed E-state index contributed by atoms with van der Waals surface area (Å²) in [6, 6.07) is 15.3. The first kappa shape index (κ1) is 18.4. The van der Waals surface area contributed by atoms with Crippen LogP contribution in [0.3, 0.4) is 0 Å². The van der Waals surface area contributed by atoms with Gasteiger partial charge in [0.1, 0.15) is 0 Å². The Morgan fingerprint density at radius 3 is 1.96 bits per heavy atom. The monoisotopic (exact) mass is 371 g/mol. The van der Waals surface area contributed by atoms with Crippen molar-refractivity contribution < 1.29 is 9.59 Å². The second-order valence-electron chi connectivity index (χ2n) is 6.54. The van der Waals surface area contributed by atoms with Gasteiger partial charge in [-0.3, -0.25) is 9.59 Å². The first-order valence-electron chi connectivity index (χ1n) is 8.68. The molecule has 26 heavy (non-hydrogen) atoms. The maximum Gasteiger partial charge on any atom is 0.253 e. The van der Waals surface area contributed by atoms with E-state index in [9.17, 15) is 9.59 Å². The van der Waals surface area contributed by atoms with Crippen LogP contribution in [0.15, 0.2) is 48.5 Å². The fourth-order valence-electron chi connectivity index (χ4n) is 3.49. The molecule has 0 atom stereocenters. The minimum atomic E-state index is 0. The zero-order valence-electron chi connectivity index (χ0n) is 14.5. The molecule has 1 fully saturated rings. The Morgan fingerprint density at radius 1 is 0.731 bits per heavy atom. The molecule has 2 aliphatic rings. The Balaban J connectivity index is 0.00000196. The van der Waals surface area contributed by atoms with E-state index in [1.807, 2.05) is 58.3 Å². The van der Waals surface area contributed by atoms with Crippen molar-refractivity contribution in [3.63, 3.8) is 0 Å². The van der Waals surface area contributed by atoms with Crippen molar-refractivity contribution >= 4 is 24.2 Å². The highest BCUT2D eigenvalue weighted by Gasteiger charge is 2.26. The highest BCUT2D eigenvalue weighted by atomic mass is 35.5. The van der Waals surface area contributed by atoms with Gasteiger partial charge in [0.25, 0.3) is 11.8 Å². The van der Waals surface area contributed by atoms with Crippen LogP contribution < -0.4 is 5.32 Å². The number of rotatable bonds is 2. The van der Waals surface area contributed by atoms with Crippen LogP contribution in [0.4, 0.5) is 0 Å². The third-order valence-electron chi connectivity index (χ3n) is 4.96. The van der Waals surface area contributed by atoms with Gasteiger partial charge in [-0.25, -0.2) is 0 Å². The molecule has 1 N–H and O–H groups in total. The molecule has 0 aliphatic carbocycles. The molecule has 2 amide bonds. The van der Waals surface area contributed by atoms with E-state index in [1.165, 1.54) is 11.1 Å². The fourth-order valence-corrected chi connectivity index (χ4v) is 3.49. The van der Waals surface area contributed by atoms with Crippen molar-refractivity contribution in [3.05, 3.63) is 70.8 Å². The molecule has 0 radical (unpaired) electrons. The molecule has 2 heterocycles. The van der Waals surface area contributed by atoms with Gasteiger partial charge < -0.3 is 15.1 Å². The number of amides is 2. The van der Waals surface area contributed by atoms with Gasteiger partial charge in [-0.15, -0.1) is 12.4 Å². The summed E-state index contributed by atoms with van der Waals surface area (Å²) in [5.41, 5.74) is 3.93. The van der Waals surface area contributed by atoms with Gasteiger partial charge in [-0.2, -0.15) is 0 Å². The number of nitrogens with one attached hydrogen (secondary N) is 1. The van der Waals surface area contributed by atoms with Gasteiger partial charge in [0.05, 0.1) is 0 Å². The fraction of sp³-hybridized carbons (Fsp3) is 0.300. The molecule has 0 spiro atoms.